The number of amides is 2. The Kier molecular flexibility index (Phi) is 7.05. The standard InChI is InChI=1S/C23H22F3N3O4/c1-3-29(22(32)23(24,25)26)13-14-6-5-7-17(10-14)27-20(30)15-8-9-18-16(11-15)12-19(28-18)21(31)33-4-2/h5-12,28H,3-4,13H2,1-2H3,(H,27,30). The maximum Gasteiger partial charge on any atom is 0.471 e. The zero-order valence-electron chi connectivity index (χ0n) is 18.0. The van der Waals surface area contributed by atoms with E-state index in [1.165, 1.54) is 13.0 Å². The number of fused-ring (bicyclic) bond motifs is 1. The second-order valence-corrected chi connectivity index (χ2v) is 7.18. The number of aromatic nitrogens is 1. The topological polar surface area (TPSA) is 91.5 Å². The average molecular weight is 461 g/mol. The largest absolute Gasteiger partial charge is 0.471 e. The van der Waals surface area contributed by atoms with E-state index in [1.54, 1.807) is 49.4 Å². The van der Waals surface area contributed by atoms with Gasteiger partial charge >= 0.3 is 18.1 Å². The van der Waals surface area contributed by atoms with Crippen molar-refractivity contribution in [3.8, 4) is 0 Å². The number of carbonyl (C=O) groups excluding carboxylic acids is 3. The molecule has 7 nitrogen and oxygen atoms in total. The third kappa shape index (κ3) is 5.71. The van der Waals surface area contributed by atoms with Gasteiger partial charge in [-0.25, -0.2) is 4.79 Å². The number of benzene rings is 2. The molecule has 33 heavy (non-hydrogen) atoms. The molecule has 3 aromatic rings. The number of ether oxygens (including phenoxy) is 1. The Balaban J connectivity index is 1.74. The molecule has 0 spiro atoms. The van der Waals surface area contributed by atoms with Crippen molar-refractivity contribution in [3.63, 3.8) is 0 Å². The van der Waals surface area contributed by atoms with E-state index in [-0.39, 0.29) is 25.4 Å². The van der Waals surface area contributed by atoms with Crippen LogP contribution in [0.5, 0.6) is 0 Å². The van der Waals surface area contributed by atoms with Crippen LogP contribution in [0.3, 0.4) is 0 Å². The molecule has 0 atom stereocenters. The number of nitrogens with zero attached hydrogens (tertiary/aromatic N) is 1. The molecule has 0 saturated carbocycles. The van der Waals surface area contributed by atoms with Gasteiger partial charge in [-0.1, -0.05) is 12.1 Å². The molecule has 2 N–H and O–H groups in total. The molecule has 1 aromatic heterocycles. The van der Waals surface area contributed by atoms with E-state index < -0.39 is 24.0 Å². The van der Waals surface area contributed by atoms with E-state index in [1.807, 2.05) is 0 Å². The Morgan fingerprint density at radius 3 is 2.48 bits per heavy atom. The number of rotatable bonds is 7. The van der Waals surface area contributed by atoms with E-state index in [2.05, 4.69) is 10.3 Å². The van der Waals surface area contributed by atoms with E-state index in [4.69, 9.17) is 4.74 Å². The fourth-order valence-corrected chi connectivity index (χ4v) is 3.27. The van der Waals surface area contributed by atoms with Crippen LogP contribution in [-0.4, -0.2) is 47.0 Å². The highest BCUT2D eigenvalue weighted by Crippen LogP contribution is 2.22. The van der Waals surface area contributed by atoms with Crippen LogP contribution in [0.1, 0.15) is 40.3 Å². The number of esters is 1. The molecule has 3 rings (SSSR count). The monoisotopic (exact) mass is 461 g/mol. The Labute approximate surface area is 187 Å². The lowest BCUT2D eigenvalue weighted by Crippen LogP contribution is -2.40. The molecule has 2 aromatic carbocycles. The quantitative estimate of drug-likeness (QED) is 0.507. The molecule has 0 bridgehead atoms. The third-order valence-electron chi connectivity index (χ3n) is 4.85. The summed E-state index contributed by atoms with van der Waals surface area (Å²) in [5.41, 5.74) is 2.06. The molecular formula is C23H22F3N3O4. The first kappa shape index (κ1) is 23.8. The van der Waals surface area contributed by atoms with Gasteiger partial charge in [-0.3, -0.25) is 9.59 Å². The molecule has 1 heterocycles. The molecule has 0 aliphatic carbocycles. The molecular weight excluding hydrogens is 439 g/mol. The summed E-state index contributed by atoms with van der Waals surface area (Å²) in [5, 5.41) is 3.34. The van der Waals surface area contributed by atoms with E-state index >= 15 is 0 Å². The highest BCUT2D eigenvalue weighted by atomic mass is 19.4. The Hall–Kier alpha value is -3.82. The summed E-state index contributed by atoms with van der Waals surface area (Å²) in [6.45, 7) is 3.04. The zero-order chi connectivity index (χ0) is 24.2. The number of halogens is 3. The van der Waals surface area contributed by atoms with Gasteiger partial charge in [0.05, 0.1) is 6.61 Å². The summed E-state index contributed by atoms with van der Waals surface area (Å²) in [5.74, 6) is -2.85. The number of carbonyl (C=O) groups is 3. The number of hydrogen-bond acceptors (Lipinski definition) is 4. The number of aromatic amines is 1. The number of alkyl halides is 3. The van der Waals surface area contributed by atoms with Crippen molar-refractivity contribution in [3.05, 3.63) is 65.4 Å². The van der Waals surface area contributed by atoms with E-state index in [0.717, 1.165) is 0 Å². The van der Waals surface area contributed by atoms with E-state index in [0.29, 0.717) is 32.6 Å². The molecule has 174 valence electrons. The average Bonchev–Trinajstić information content (AvgIpc) is 3.20. The van der Waals surface area contributed by atoms with Crippen molar-refractivity contribution >= 4 is 34.4 Å². The lowest BCUT2D eigenvalue weighted by atomic mass is 10.1. The van der Waals surface area contributed by atoms with Gasteiger partial charge in [0.15, 0.2) is 0 Å². The summed E-state index contributed by atoms with van der Waals surface area (Å²) >= 11 is 0. The molecule has 10 heteroatoms. The smallest absolute Gasteiger partial charge is 0.461 e. The van der Waals surface area contributed by atoms with Crippen LogP contribution < -0.4 is 5.32 Å². The SMILES string of the molecule is CCOC(=O)c1cc2cc(C(=O)Nc3cccc(CN(CC)C(=O)C(F)(F)F)c3)ccc2[nH]1. The molecule has 0 radical (unpaired) electrons. The maximum atomic E-state index is 12.7. The molecule has 0 unspecified atom stereocenters. The van der Waals surface area contributed by atoms with Crippen molar-refractivity contribution in [2.24, 2.45) is 0 Å². The lowest BCUT2D eigenvalue weighted by molar-refractivity contribution is -0.185. The summed E-state index contributed by atoms with van der Waals surface area (Å²) in [6, 6.07) is 12.7. The van der Waals surface area contributed by atoms with E-state index in [9.17, 15) is 27.6 Å². The summed E-state index contributed by atoms with van der Waals surface area (Å²) < 4.78 is 43.2. The van der Waals surface area contributed by atoms with Crippen LogP contribution >= 0.6 is 0 Å². The molecule has 0 aliphatic heterocycles. The van der Waals surface area contributed by atoms with Crippen molar-refractivity contribution in [2.45, 2.75) is 26.6 Å². The second kappa shape index (κ2) is 9.76. The van der Waals surface area contributed by atoms with Gasteiger partial charge in [0.2, 0.25) is 0 Å². The van der Waals surface area contributed by atoms with Crippen LogP contribution in [-0.2, 0) is 16.1 Å². The van der Waals surface area contributed by atoms with Gasteiger partial charge in [0.25, 0.3) is 5.91 Å². The fourth-order valence-electron chi connectivity index (χ4n) is 3.27. The van der Waals surface area contributed by atoms with Crippen LogP contribution in [0.4, 0.5) is 18.9 Å². The first-order valence-corrected chi connectivity index (χ1v) is 10.2. The van der Waals surface area contributed by atoms with Gasteiger partial charge in [-0.15, -0.1) is 0 Å². The Bertz CT molecular complexity index is 1190. The molecule has 2 amide bonds. The van der Waals surface area contributed by atoms with Crippen molar-refractivity contribution in [2.75, 3.05) is 18.5 Å². The van der Waals surface area contributed by atoms with Gasteiger partial charge < -0.3 is 19.9 Å². The highest BCUT2D eigenvalue weighted by molar-refractivity contribution is 6.07. The highest BCUT2D eigenvalue weighted by Gasteiger charge is 2.41. The maximum absolute atomic E-state index is 12.7. The van der Waals surface area contributed by atoms with Crippen LogP contribution in [0.25, 0.3) is 10.9 Å². The zero-order valence-corrected chi connectivity index (χ0v) is 18.0. The van der Waals surface area contributed by atoms with Gasteiger partial charge in [-0.05, 0) is 55.8 Å². The Morgan fingerprint density at radius 2 is 1.82 bits per heavy atom. The van der Waals surface area contributed by atoms with Crippen molar-refractivity contribution in [1.82, 2.24) is 9.88 Å². The normalized spacial score (nSPS) is 11.3. The Morgan fingerprint density at radius 1 is 1.06 bits per heavy atom. The van der Waals surface area contributed by atoms with Crippen LogP contribution in [0.15, 0.2) is 48.5 Å². The first-order valence-electron chi connectivity index (χ1n) is 10.2. The lowest BCUT2D eigenvalue weighted by Gasteiger charge is -2.22. The number of H-pyrrole nitrogens is 1. The predicted molar refractivity (Wildman–Crippen MR) is 116 cm³/mol. The number of nitrogens with one attached hydrogen (secondary N) is 2. The van der Waals surface area contributed by atoms with Gasteiger partial charge in [0.1, 0.15) is 5.69 Å². The minimum Gasteiger partial charge on any atom is -0.461 e. The van der Waals surface area contributed by atoms with Crippen LogP contribution in [0.2, 0.25) is 0 Å². The molecule has 0 aliphatic rings. The second-order valence-electron chi connectivity index (χ2n) is 7.18. The first-order chi connectivity index (χ1) is 15.6. The van der Waals surface area contributed by atoms with Crippen molar-refractivity contribution in [1.29, 1.82) is 0 Å². The predicted octanol–water partition coefficient (Wildman–Crippen LogP) is 4.51. The fraction of sp³-hybridized carbons (Fsp3) is 0.261. The van der Waals surface area contributed by atoms with Crippen molar-refractivity contribution < 1.29 is 32.3 Å². The molecule has 0 fully saturated rings. The van der Waals surface area contributed by atoms with Gasteiger partial charge in [-0.2, -0.15) is 13.2 Å². The summed E-state index contributed by atoms with van der Waals surface area (Å²) in [6.07, 6.45) is -4.95. The minimum atomic E-state index is -4.95. The molecule has 0 saturated heterocycles. The summed E-state index contributed by atoms with van der Waals surface area (Å²) in [4.78, 5) is 39.7. The van der Waals surface area contributed by atoms with Gasteiger partial charge in [0, 0.05) is 35.2 Å². The minimum absolute atomic E-state index is 0.112. The van der Waals surface area contributed by atoms with Crippen LogP contribution in [0, 0.1) is 0 Å². The number of anilines is 1. The number of hydrogen-bond donors (Lipinski definition) is 2. The third-order valence-corrected chi connectivity index (χ3v) is 4.85. The summed E-state index contributed by atoms with van der Waals surface area (Å²) in [7, 11) is 0.